The van der Waals surface area contributed by atoms with E-state index in [-0.39, 0.29) is 23.8 Å². The van der Waals surface area contributed by atoms with Crippen LogP contribution >= 0.6 is 0 Å². The molecule has 3 rings (SSSR count). The van der Waals surface area contributed by atoms with Crippen LogP contribution < -0.4 is 21.4 Å². The summed E-state index contributed by atoms with van der Waals surface area (Å²) < 4.78 is 13.2. The van der Waals surface area contributed by atoms with Gasteiger partial charge in [-0.2, -0.15) is 0 Å². The number of rotatable bonds is 9. The average Bonchev–Trinajstić information content (AvgIpc) is 2.94. The molecule has 3 aromatic rings. The standard InChI is InChI=1S/C30H27FN4O5/c1-20(36)28(30(39)35-40)34-29(38)24-13-9-21(10-14-24)5-2-3-6-22-11-15-26(16-12-22)33-27(37)19-32-18-23-7-4-8-25(31)17-23/h4,7-17,20,28,32,36,40H,18-19H2,1H3,(H,33,37)(H,34,38)(H,35,39)/t20-,28+/m1/s1. The number of halogens is 1. The van der Waals surface area contributed by atoms with Crippen molar-refractivity contribution >= 4 is 23.4 Å². The van der Waals surface area contributed by atoms with Gasteiger partial charge in [-0.25, -0.2) is 9.87 Å². The number of hydrogen-bond acceptors (Lipinski definition) is 6. The van der Waals surface area contributed by atoms with E-state index in [1.165, 1.54) is 36.7 Å². The first-order valence-corrected chi connectivity index (χ1v) is 12.1. The van der Waals surface area contributed by atoms with Crippen molar-refractivity contribution < 1.29 is 29.1 Å². The first kappa shape index (κ1) is 29.6. The molecule has 3 amide bonds. The van der Waals surface area contributed by atoms with E-state index in [4.69, 9.17) is 5.21 Å². The minimum atomic E-state index is -1.31. The minimum absolute atomic E-state index is 0.0720. The van der Waals surface area contributed by atoms with E-state index in [9.17, 15) is 23.9 Å². The highest BCUT2D eigenvalue weighted by molar-refractivity contribution is 5.97. The zero-order chi connectivity index (χ0) is 28.9. The Hall–Kier alpha value is -5.00. The highest BCUT2D eigenvalue weighted by Gasteiger charge is 2.25. The topological polar surface area (TPSA) is 140 Å². The molecule has 0 fully saturated rings. The summed E-state index contributed by atoms with van der Waals surface area (Å²) in [6.45, 7) is 1.75. The van der Waals surface area contributed by atoms with Gasteiger partial charge in [-0.1, -0.05) is 24.0 Å². The molecular weight excluding hydrogens is 515 g/mol. The second-order valence-corrected chi connectivity index (χ2v) is 8.60. The fourth-order valence-electron chi connectivity index (χ4n) is 3.42. The fraction of sp³-hybridized carbons (Fsp3) is 0.167. The molecule has 40 heavy (non-hydrogen) atoms. The van der Waals surface area contributed by atoms with E-state index in [0.717, 1.165) is 5.56 Å². The van der Waals surface area contributed by atoms with Crippen LogP contribution in [0, 0.1) is 29.5 Å². The van der Waals surface area contributed by atoms with Gasteiger partial charge >= 0.3 is 0 Å². The minimum Gasteiger partial charge on any atom is -0.391 e. The Morgan fingerprint density at radius 2 is 1.55 bits per heavy atom. The summed E-state index contributed by atoms with van der Waals surface area (Å²) in [7, 11) is 0. The van der Waals surface area contributed by atoms with Gasteiger partial charge in [0.05, 0.1) is 12.6 Å². The summed E-state index contributed by atoms with van der Waals surface area (Å²) in [4.78, 5) is 36.0. The average molecular weight is 543 g/mol. The van der Waals surface area contributed by atoms with Crippen LogP contribution in [0.3, 0.4) is 0 Å². The fourth-order valence-corrected chi connectivity index (χ4v) is 3.42. The zero-order valence-corrected chi connectivity index (χ0v) is 21.5. The molecule has 0 aliphatic rings. The number of carbonyl (C=O) groups excluding carboxylic acids is 3. The van der Waals surface area contributed by atoms with Crippen molar-refractivity contribution in [2.24, 2.45) is 0 Å². The largest absolute Gasteiger partial charge is 0.391 e. The van der Waals surface area contributed by atoms with E-state index in [0.29, 0.717) is 23.4 Å². The summed E-state index contributed by atoms with van der Waals surface area (Å²) in [6.07, 6.45) is -1.21. The molecule has 0 unspecified atom stereocenters. The molecular formula is C30H27FN4O5. The van der Waals surface area contributed by atoms with Gasteiger partial charge in [-0.3, -0.25) is 19.6 Å². The Morgan fingerprint density at radius 3 is 2.12 bits per heavy atom. The van der Waals surface area contributed by atoms with Crippen molar-refractivity contribution in [3.05, 3.63) is 101 Å². The molecule has 6 N–H and O–H groups in total. The summed E-state index contributed by atoms with van der Waals surface area (Å²) in [5.74, 6) is 9.14. The molecule has 204 valence electrons. The zero-order valence-electron chi connectivity index (χ0n) is 21.5. The number of aliphatic hydroxyl groups excluding tert-OH is 1. The van der Waals surface area contributed by atoms with E-state index < -0.39 is 24.0 Å². The Kier molecular flexibility index (Phi) is 10.9. The van der Waals surface area contributed by atoms with E-state index >= 15 is 0 Å². The molecule has 0 heterocycles. The van der Waals surface area contributed by atoms with Crippen molar-refractivity contribution in [1.82, 2.24) is 16.1 Å². The van der Waals surface area contributed by atoms with Gasteiger partial charge in [-0.15, -0.1) is 0 Å². The number of hydroxylamine groups is 1. The summed E-state index contributed by atoms with van der Waals surface area (Å²) in [6, 6.07) is 18.0. The van der Waals surface area contributed by atoms with Gasteiger partial charge < -0.3 is 21.1 Å². The maximum atomic E-state index is 13.2. The molecule has 9 nitrogen and oxygen atoms in total. The van der Waals surface area contributed by atoms with Crippen LogP contribution in [-0.4, -0.2) is 46.7 Å². The number of nitrogens with one attached hydrogen (secondary N) is 4. The number of aliphatic hydroxyl groups is 1. The Bertz CT molecular complexity index is 1470. The lowest BCUT2D eigenvalue weighted by Crippen LogP contribution is -2.51. The van der Waals surface area contributed by atoms with Gasteiger partial charge in [0.25, 0.3) is 11.8 Å². The summed E-state index contributed by atoms with van der Waals surface area (Å²) in [5, 5.41) is 26.5. The highest BCUT2D eigenvalue weighted by Crippen LogP contribution is 2.09. The lowest BCUT2D eigenvalue weighted by molar-refractivity contribution is -0.133. The van der Waals surface area contributed by atoms with Crippen LogP contribution in [0.5, 0.6) is 0 Å². The number of carbonyl (C=O) groups is 3. The van der Waals surface area contributed by atoms with Gasteiger partial charge in [0.2, 0.25) is 5.91 Å². The van der Waals surface area contributed by atoms with E-state index in [1.807, 2.05) is 0 Å². The lowest BCUT2D eigenvalue weighted by Gasteiger charge is -2.19. The van der Waals surface area contributed by atoms with E-state index in [2.05, 4.69) is 39.6 Å². The normalized spacial score (nSPS) is 11.5. The highest BCUT2D eigenvalue weighted by atomic mass is 19.1. The summed E-state index contributed by atoms with van der Waals surface area (Å²) >= 11 is 0. The molecule has 10 heteroatoms. The molecule has 3 aromatic carbocycles. The van der Waals surface area contributed by atoms with Gasteiger partial charge in [0.15, 0.2) is 0 Å². The van der Waals surface area contributed by atoms with Crippen LogP contribution in [0.2, 0.25) is 0 Å². The van der Waals surface area contributed by atoms with Gasteiger partial charge in [0, 0.05) is 28.9 Å². The monoisotopic (exact) mass is 542 g/mol. The molecule has 0 spiro atoms. The Balaban J connectivity index is 1.48. The predicted molar refractivity (Wildman–Crippen MR) is 146 cm³/mol. The number of amides is 3. The van der Waals surface area contributed by atoms with Crippen LogP contribution in [0.4, 0.5) is 10.1 Å². The molecule has 0 aliphatic heterocycles. The molecule has 0 saturated carbocycles. The number of anilines is 1. The van der Waals surface area contributed by atoms with Crippen molar-refractivity contribution in [3.63, 3.8) is 0 Å². The predicted octanol–water partition coefficient (Wildman–Crippen LogP) is 1.94. The molecule has 0 aromatic heterocycles. The Morgan fingerprint density at radius 1 is 0.925 bits per heavy atom. The molecule has 0 bridgehead atoms. The van der Waals surface area contributed by atoms with Crippen molar-refractivity contribution in [2.45, 2.75) is 25.6 Å². The maximum Gasteiger partial charge on any atom is 0.268 e. The molecule has 0 saturated heterocycles. The van der Waals surface area contributed by atoms with Crippen LogP contribution in [0.15, 0.2) is 72.8 Å². The summed E-state index contributed by atoms with van der Waals surface area (Å²) in [5.41, 5.74) is 4.30. The molecule has 2 atom stereocenters. The second kappa shape index (κ2) is 14.8. The third-order valence-electron chi connectivity index (χ3n) is 5.46. The van der Waals surface area contributed by atoms with Crippen molar-refractivity contribution in [2.75, 3.05) is 11.9 Å². The first-order chi connectivity index (χ1) is 19.2. The quantitative estimate of drug-likeness (QED) is 0.139. The maximum absolute atomic E-state index is 13.2. The van der Waals surface area contributed by atoms with Gasteiger partial charge in [-0.05, 0) is 85.0 Å². The second-order valence-electron chi connectivity index (χ2n) is 8.60. The van der Waals surface area contributed by atoms with Crippen LogP contribution in [0.1, 0.15) is 34.0 Å². The van der Waals surface area contributed by atoms with Crippen LogP contribution in [-0.2, 0) is 16.1 Å². The number of hydrogen-bond donors (Lipinski definition) is 6. The number of benzene rings is 3. The smallest absolute Gasteiger partial charge is 0.268 e. The first-order valence-electron chi connectivity index (χ1n) is 12.1. The third-order valence-corrected chi connectivity index (χ3v) is 5.46. The van der Waals surface area contributed by atoms with Crippen molar-refractivity contribution in [1.29, 1.82) is 0 Å². The SMILES string of the molecule is C[C@@H](O)[C@H](NC(=O)c1ccc(C#CC#Cc2ccc(NC(=O)CNCc3cccc(F)c3)cc2)cc1)C(=O)NO. The lowest BCUT2D eigenvalue weighted by atomic mass is 10.1. The third kappa shape index (κ3) is 9.39. The van der Waals surface area contributed by atoms with Crippen molar-refractivity contribution in [3.8, 4) is 23.7 Å². The van der Waals surface area contributed by atoms with Crippen LogP contribution in [0.25, 0.3) is 0 Å². The Labute approximate surface area is 230 Å². The van der Waals surface area contributed by atoms with E-state index in [1.54, 1.807) is 48.5 Å². The molecule has 0 aliphatic carbocycles. The van der Waals surface area contributed by atoms with Gasteiger partial charge in [0.1, 0.15) is 11.9 Å². The molecule has 0 radical (unpaired) electrons.